The molecule has 0 saturated carbocycles. The highest BCUT2D eigenvalue weighted by atomic mass is 79.9. The molecule has 0 aliphatic carbocycles. The van der Waals surface area contributed by atoms with Gasteiger partial charge in [-0.1, -0.05) is 0 Å². The van der Waals surface area contributed by atoms with E-state index in [1.165, 1.54) is 0 Å². The molecule has 9 heteroatoms. The molecule has 0 unspecified atom stereocenters. The van der Waals surface area contributed by atoms with Gasteiger partial charge in [-0.25, -0.2) is 17.9 Å². The molecule has 0 bridgehead atoms. The lowest BCUT2D eigenvalue weighted by Gasteiger charge is -2.10. The third-order valence-corrected chi connectivity index (χ3v) is 3.08. The number of hydrogen-bond donors (Lipinski definition) is 1. The fourth-order valence-electron chi connectivity index (χ4n) is 0.931. The van der Waals surface area contributed by atoms with Gasteiger partial charge in [-0.3, -0.25) is 0 Å². The summed E-state index contributed by atoms with van der Waals surface area (Å²) < 4.78 is 62.7. The molecule has 0 aliphatic rings. The van der Waals surface area contributed by atoms with Crippen LogP contribution in [0.5, 0.6) is 5.75 Å². The number of ether oxygens (including phenoxy) is 1. The van der Waals surface area contributed by atoms with E-state index in [9.17, 15) is 21.6 Å². The van der Waals surface area contributed by atoms with Crippen molar-refractivity contribution in [1.29, 1.82) is 0 Å². The lowest BCUT2D eigenvalue weighted by atomic mass is 10.3. The van der Waals surface area contributed by atoms with E-state index in [1.54, 1.807) is 0 Å². The minimum atomic E-state index is -4.33. The average Bonchev–Trinajstić information content (AvgIpc) is 2.09. The van der Waals surface area contributed by atoms with Crippen molar-refractivity contribution in [2.45, 2.75) is 11.5 Å². The van der Waals surface area contributed by atoms with Gasteiger partial charge in [0.1, 0.15) is 4.90 Å². The van der Waals surface area contributed by atoms with Crippen LogP contribution < -0.4 is 9.88 Å². The zero-order valence-corrected chi connectivity index (χ0v) is 9.86. The monoisotopic (exact) mass is 319 g/mol. The van der Waals surface area contributed by atoms with Crippen molar-refractivity contribution in [3.8, 4) is 5.75 Å². The quantitative estimate of drug-likeness (QED) is 0.924. The molecule has 16 heavy (non-hydrogen) atoms. The SMILES string of the molecule is NS(=O)(=O)c1ccc(Br)c(OC(F)F)c1F. The van der Waals surface area contributed by atoms with Crippen LogP contribution in [0.4, 0.5) is 13.2 Å². The van der Waals surface area contributed by atoms with Gasteiger partial charge in [-0.05, 0) is 28.1 Å². The molecule has 0 atom stereocenters. The van der Waals surface area contributed by atoms with E-state index in [-0.39, 0.29) is 4.47 Å². The van der Waals surface area contributed by atoms with Gasteiger partial charge in [0.05, 0.1) is 4.47 Å². The number of halogens is 4. The number of sulfonamides is 1. The Bertz CT molecular complexity index is 506. The summed E-state index contributed by atoms with van der Waals surface area (Å²) in [6.45, 7) is -3.28. The highest BCUT2D eigenvalue weighted by molar-refractivity contribution is 9.10. The molecule has 1 rings (SSSR count). The summed E-state index contributed by atoms with van der Waals surface area (Å²) in [7, 11) is -4.33. The topological polar surface area (TPSA) is 69.4 Å². The Morgan fingerprint density at radius 2 is 1.94 bits per heavy atom. The van der Waals surface area contributed by atoms with E-state index in [2.05, 4.69) is 25.8 Å². The molecule has 0 aliphatic heterocycles. The Balaban J connectivity index is 3.39. The van der Waals surface area contributed by atoms with Crippen molar-refractivity contribution in [3.05, 3.63) is 22.4 Å². The van der Waals surface area contributed by atoms with Gasteiger partial charge in [-0.2, -0.15) is 8.78 Å². The molecule has 0 aromatic heterocycles. The lowest BCUT2D eigenvalue weighted by Crippen LogP contribution is -2.15. The molecule has 0 spiro atoms. The van der Waals surface area contributed by atoms with Crippen LogP contribution >= 0.6 is 15.9 Å². The van der Waals surface area contributed by atoms with Crippen LogP contribution in [0.15, 0.2) is 21.5 Å². The summed E-state index contributed by atoms with van der Waals surface area (Å²) in [6, 6.07) is 1.88. The first-order chi connectivity index (χ1) is 7.23. The van der Waals surface area contributed by atoms with Crippen molar-refractivity contribution in [3.63, 3.8) is 0 Å². The summed E-state index contributed by atoms with van der Waals surface area (Å²) in [6.07, 6.45) is 0. The standard InChI is InChI=1S/C7H5BrF3NO3S/c8-3-1-2-4(16(12,13)14)5(9)6(3)15-7(10)11/h1-2,7H,(H2,12,13,14). The third kappa shape index (κ3) is 2.86. The molecular weight excluding hydrogens is 315 g/mol. The Morgan fingerprint density at radius 1 is 1.38 bits per heavy atom. The second kappa shape index (κ2) is 4.60. The molecule has 0 heterocycles. The first kappa shape index (κ1) is 13.3. The Morgan fingerprint density at radius 3 is 2.38 bits per heavy atom. The van der Waals surface area contributed by atoms with Crippen LogP contribution in [-0.4, -0.2) is 15.0 Å². The highest BCUT2D eigenvalue weighted by Gasteiger charge is 2.22. The Labute approximate surface area is 97.4 Å². The van der Waals surface area contributed by atoms with Gasteiger partial charge < -0.3 is 4.74 Å². The maximum absolute atomic E-state index is 13.4. The normalized spacial score (nSPS) is 11.9. The first-order valence-corrected chi connectivity index (χ1v) is 6.03. The van der Waals surface area contributed by atoms with E-state index in [0.29, 0.717) is 0 Å². The molecule has 0 amide bonds. The number of nitrogens with two attached hydrogens (primary N) is 1. The van der Waals surface area contributed by atoms with Crippen molar-refractivity contribution in [1.82, 2.24) is 0 Å². The highest BCUT2D eigenvalue weighted by Crippen LogP contribution is 2.32. The average molecular weight is 320 g/mol. The smallest absolute Gasteiger partial charge is 0.387 e. The Hall–Kier alpha value is -0.800. The van der Waals surface area contributed by atoms with Crippen LogP contribution in [0.1, 0.15) is 0 Å². The van der Waals surface area contributed by atoms with Crippen LogP contribution in [0.2, 0.25) is 0 Å². The molecule has 0 saturated heterocycles. The van der Waals surface area contributed by atoms with Gasteiger partial charge in [0.25, 0.3) is 0 Å². The van der Waals surface area contributed by atoms with Crippen molar-refractivity contribution in [2.75, 3.05) is 0 Å². The first-order valence-electron chi connectivity index (χ1n) is 3.69. The molecular formula is C7H5BrF3NO3S. The minimum absolute atomic E-state index is 0.141. The fourth-order valence-corrected chi connectivity index (χ4v) is 1.93. The molecule has 0 fully saturated rings. The molecule has 4 nitrogen and oxygen atoms in total. The number of primary sulfonamides is 1. The zero-order valence-electron chi connectivity index (χ0n) is 7.45. The van der Waals surface area contributed by atoms with E-state index in [0.717, 1.165) is 12.1 Å². The van der Waals surface area contributed by atoms with Crippen LogP contribution in [0.3, 0.4) is 0 Å². The largest absolute Gasteiger partial charge is 0.430 e. The van der Waals surface area contributed by atoms with E-state index in [4.69, 9.17) is 0 Å². The maximum Gasteiger partial charge on any atom is 0.387 e. The van der Waals surface area contributed by atoms with Gasteiger partial charge in [0.2, 0.25) is 10.0 Å². The van der Waals surface area contributed by atoms with Gasteiger partial charge in [0, 0.05) is 0 Å². The Kier molecular flexibility index (Phi) is 3.81. The summed E-state index contributed by atoms with van der Waals surface area (Å²) in [5.74, 6) is -2.36. The van der Waals surface area contributed by atoms with E-state index >= 15 is 0 Å². The predicted octanol–water partition coefficient (Wildman–Crippen LogP) is 1.84. The van der Waals surface area contributed by atoms with Crippen molar-refractivity contribution < 1.29 is 26.3 Å². The van der Waals surface area contributed by atoms with Gasteiger partial charge in [-0.15, -0.1) is 0 Å². The van der Waals surface area contributed by atoms with Crippen molar-refractivity contribution >= 4 is 26.0 Å². The molecule has 0 radical (unpaired) electrons. The fraction of sp³-hybridized carbons (Fsp3) is 0.143. The molecule has 90 valence electrons. The molecule has 2 N–H and O–H groups in total. The van der Waals surface area contributed by atoms with Crippen LogP contribution in [-0.2, 0) is 10.0 Å². The predicted molar refractivity (Wildman–Crippen MR) is 52.1 cm³/mol. The van der Waals surface area contributed by atoms with Gasteiger partial charge in [0.15, 0.2) is 11.6 Å². The van der Waals surface area contributed by atoms with Crippen LogP contribution in [0, 0.1) is 5.82 Å². The minimum Gasteiger partial charge on any atom is -0.430 e. The van der Waals surface area contributed by atoms with Crippen LogP contribution in [0.25, 0.3) is 0 Å². The van der Waals surface area contributed by atoms with E-state index in [1.807, 2.05) is 0 Å². The summed E-state index contributed by atoms with van der Waals surface area (Å²) in [4.78, 5) is -0.911. The second-order valence-corrected chi connectivity index (χ2v) is 5.00. The number of rotatable bonds is 3. The number of benzene rings is 1. The molecule has 1 aromatic carbocycles. The summed E-state index contributed by atoms with van der Waals surface area (Å²) in [5, 5.41) is 4.68. The number of hydrogen-bond acceptors (Lipinski definition) is 3. The van der Waals surface area contributed by atoms with Gasteiger partial charge >= 0.3 is 6.61 Å². The van der Waals surface area contributed by atoms with Crippen molar-refractivity contribution in [2.24, 2.45) is 5.14 Å². The lowest BCUT2D eigenvalue weighted by molar-refractivity contribution is -0.0530. The summed E-state index contributed by atoms with van der Waals surface area (Å²) in [5.41, 5.74) is 0. The van der Waals surface area contributed by atoms with E-state index < -0.39 is 33.1 Å². The third-order valence-electron chi connectivity index (χ3n) is 1.53. The second-order valence-electron chi connectivity index (χ2n) is 2.61. The zero-order chi connectivity index (χ0) is 12.5. The maximum atomic E-state index is 13.4. The summed E-state index contributed by atoms with van der Waals surface area (Å²) >= 11 is 2.74. The number of alkyl halides is 2. The molecule has 1 aromatic rings.